The Bertz CT molecular complexity index is 1060. The van der Waals surface area contributed by atoms with Crippen molar-refractivity contribution in [2.24, 2.45) is 5.41 Å². The lowest BCUT2D eigenvalue weighted by Gasteiger charge is -2.23. The van der Waals surface area contributed by atoms with Gasteiger partial charge in [-0.25, -0.2) is 8.78 Å². The fraction of sp³-hybridized carbons (Fsp3) is 0.533. The highest BCUT2D eigenvalue weighted by molar-refractivity contribution is 6.31. The van der Waals surface area contributed by atoms with E-state index in [0.29, 0.717) is 48.1 Å². The number of benzene rings is 2. The van der Waals surface area contributed by atoms with E-state index in [4.69, 9.17) is 28.3 Å². The van der Waals surface area contributed by atoms with Crippen molar-refractivity contribution in [1.82, 2.24) is 10.6 Å². The fourth-order valence-electron chi connectivity index (χ4n) is 4.18. The second kappa shape index (κ2) is 18.2. The third-order valence-electron chi connectivity index (χ3n) is 5.91. The monoisotopic (exact) mass is 601 g/mol. The van der Waals surface area contributed by atoms with Crippen LogP contribution in [0, 0.1) is 17.0 Å². The van der Waals surface area contributed by atoms with Crippen LogP contribution < -0.4 is 16.0 Å². The van der Waals surface area contributed by atoms with Crippen LogP contribution in [-0.4, -0.2) is 43.7 Å². The van der Waals surface area contributed by atoms with Crippen molar-refractivity contribution in [3.63, 3.8) is 0 Å². The second-order valence-corrected chi connectivity index (χ2v) is 12.1. The summed E-state index contributed by atoms with van der Waals surface area (Å²) < 4.78 is 28.4. The van der Waals surface area contributed by atoms with E-state index in [1.807, 2.05) is 6.92 Å². The largest absolute Gasteiger partial charge is 0.393 e. The number of hydrogen-bond donors (Lipinski definition) is 4. The van der Waals surface area contributed by atoms with Crippen molar-refractivity contribution in [2.75, 3.05) is 25.0 Å². The van der Waals surface area contributed by atoms with Crippen molar-refractivity contribution < 1.29 is 23.5 Å². The Hall–Kier alpha value is -2.26. The fourth-order valence-corrected chi connectivity index (χ4v) is 4.53. The van der Waals surface area contributed by atoms with Crippen molar-refractivity contribution in [3.8, 4) is 0 Å². The van der Waals surface area contributed by atoms with Gasteiger partial charge in [-0.3, -0.25) is 9.59 Å². The first-order valence-corrected chi connectivity index (χ1v) is 14.3. The molecule has 0 aromatic heterocycles. The van der Waals surface area contributed by atoms with Gasteiger partial charge in [-0.2, -0.15) is 0 Å². The summed E-state index contributed by atoms with van der Waals surface area (Å²) in [4.78, 5) is 20.1. The van der Waals surface area contributed by atoms with Crippen molar-refractivity contribution in [1.29, 1.82) is 0 Å². The predicted octanol–water partition coefficient (Wildman–Crippen LogP) is 7.04. The minimum absolute atomic E-state index is 0.0463. The average Bonchev–Trinajstić information content (AvgIpc) is 3.55. The molecule has 2 atom stereocenters. The molecule has 2 fully saturated rings. The molecule has 0 radical (unpaired) electrons. The van der Waals surface area contributed by atoms with Crippen molar-refractivity contribution >= 4 is 41.7 Å². The molecule has 2 aliphatic rings. The van der Waals surface area contributed by atoms with Crippen LogP contribution in [0.1, 0.15) is 83.3 Å². The minimum Gasteiger partial charge on any atom is -0.393 e. The summed E-state index contributed by atoms with van der Waals surface area (Å²) in [5.41, 5.74) is 1.95. The summed E-state index contributed by atoms with van der Waals surface area (Å²) in [5.74, 6) is -1.53. The zero-order valence-corrected chi connectivity index (χ0v) is 25.5. The predicted molar refractivity (Wildman–Crippen MR) is 160 cm³/mol. The highest BCUT2D eigenvalue weighted by Crippen LogP contribution is 2.42. The average molecular weight is 603 g/mol. The van der Waals surface area contributed by atoms with E-state index in [0.717, 1.165) is 19.4 Å². The van der Waals surface area contributed by atoms with Crippen LogP contribution in [0.25, 0.3) is 0 Å². The lowest BCUT2D eigenvalue weighted by atomic mass is 9.83. The molecule has 40 heavy (non-hydrogen) atoms. The first kappa shape index (κ1) is 35.8. The van der Waals surface area contributed by atoms with Gasteiger partial charge in [0.05, 0.1) is 16.1 Å². The Balaban J connectivity index is 0.000000406. The molecule has 6 nitrogen and oxygen atoms in total. The molecule has 1 heterocycles. The van der Waals surface area contributed by atoms with E-state index < -0.39 is 11.6 Å². The number of rotatable bonds is 6. The molecule has 1 saturated heterocycles. The molecular weight excluding hydrogens is 559 g/mol. The van der Waals surface area contributed by atoms with Crippen LogP contribution in [0.15, 0.2) is 30.3 Å². The number of halogens is 4. The molecule has 1 saturated carbocycles. The highest BCUT2D eigenvalue weighted by atomic mass is 35.5. The Kier molecular flexibility index (Phi) is 16.3. The van der Waals surface area contributed by atoms with E-state index in [1.54, 1.807) is 12.1 Å². The standard InChI is InChI=1S/C17H14Cl2F2N2O.C5H10O.C5H12.C3H7NO/c18-13-3-1-2-9(17(13)21)11-6-22-7-12(11)10-4-15(20)14(19)5-16(10)23-8-24;6-5-3-1-2-4-5;1-5(2,3)4;1-2-4-3-5/h1-5,8,11-12,22H,6-7H2,(H,23,24);5-6H,1-4H2;1-4H3;3H,2H2,1H3,(H,4,5)/t11-,12+;;;/m1.../s1. The molecule has 2 amide bonds. The molecule has 0 bridgehead atoms. The van der Waals surface area contributed by atoms with Gasteiger partial charge in [-0.1, -0.05) is 75.9 Å². The number of carbonyl (C=O) groups excluding carboxylic acids is 2. The van der Waals surface area contributed by atoms with Gasteiger partial charge in [0.15, 0.2) is 0 Å². The molecule has 0 spiro atoms. The second-order valence-electron chi connectivity index (χ2n) is 11.2. The molecule has 1 aliphatic heterocycles. The molecule has 10 heteroatoms. The Morgan fingerprint density at radius 2 is 1.55 bits per heavy atom. The van der Waals surface area contributed by atoms with Gasteiger partial charge >= 0.3 is 0 Å². The van der Waals surface area contributed by atoms with E-state index >= 15 is 0 Å². The number of nitrogens with one attached hydrogen (secondary N) is 3. The lowest BCUT2D eigenvalue weighted by Crippen LogP contribution is -2.13. The summed E-state index contributed by atoms with van der Waals surface area (Å²) in [6.45, 7) is 12.4. The summed E-state index contributed by atoms with van der Waals surface area (Å²) >= 11 is 11.7. The van der Waals surface area contributed by atoms with E-state index in [2.05, 4.69) is 43.6 Å². The third-order valence-corrected chi connectivity index (χ3v) is 6.50. The Morgan fingerprint density at radius 3 is 2.00 bits per heavy atom. The van der Waals surface area contributed by atoms with Crippen LogP contribution in [0.3, 0.4) is 0 Å². The molecule has 1 aliphatic carbocycles. The molecule has 4 N–H and O–H groups in total. The Morgan fingerprint density at radius 1 is 0.975 bits per heavy atom. The Labute approximate surface area is 247 Å². The molecular formula is C30H43Cl2F2N3O3. The minimum atomic E-state index is -0.583. The summed E-state index contributed by atoms with van der Waals surface area (Å²) in [6.07, 6.45) is 5.79. The van der Waals surface area contributed by atoms with Crippen LogP contribution in [-0.2, 0) is 9.59 Å². The van der Waals surface area contributed by atoms with Crippen molar-refractivity contribution in [2.45, 2.75) is 78.2 Å². The lowest BCUT2D eigenvalue weighted by molar-refractivity contribution is -0.109. The summed E-state index contributed by atoms with van der Waals surface area (Å²) in [6, 6.07) is 7.50. The molecule has 224 valence electrons. The van der Waals surface area contributed by atoms with Crippen LogP contribution in [0.4, 0.5) is 14.5 Å². The molecule has 4 rings (SSSR count). The summed E-state index contributed by atoms with van der Waals surface area (Å²) in [5, 5.41) is 16.9. The van der Waals surface area contributed by atoms with Crippen LogP contribution >= 0.6 is 23.2 Å². The maximum atomic E-state index is 14.4. The maximum absolute atomic E-state index is 14.4. The van der Waals surface area contributed by atoms with Gasteiger partial charge in [0, 0.05) is 37.2 Å². The summed E-state index contributed by atoms with van der Waals surface area (Å²) in [7, 11) is 0. The number of anilines is 1. The van der Waals surface area contributed by atoms with E-state index in [1.165, 1.54) is 31.0 Å². The first-order chi connectivity index (χ1) is 18.8. The number of carbonyl (C=O) groups is 2. The third kappa shape index (κ3) is 12.9. The van der Waals surface area contributed by atoms with E-state index in [-0.39, 0.29) is 28.0 Å². The zero-order valence-electron chi connectivity index (χ0n) is 24.0. The SMILES string of the molecule is CC(C)(C)C.CCNC=O.O=CNc1cc(Cl)c(F)cc1[C@@H]1CNC[C@@H]1c1cccc(Cl)c1F.OC1CCCC1. The number of amides is 2. The van der Waals surface area contributed by atoms with Gasteiger partial charge in [0.2, 0.25) is 12.8 Å². The van der Waals surface area contributed by atoms with Crippen molar-refractivity contribution in [3.05, 3.63) is 63.1 Å². The highest BCUT2D eigenvalue weighted by Gasteiger charge is 2.34. The molecule has 2 aromatic carbocycles. The van der Waals surface area contributed by atoms with Gasteiger partial charge in [0.25, 0.3) is 0 Å². The topological polar surface area (TPSA) is 90.5 Å². The first-order valence-electron chi connectivity index (χ1n) is 13.5. The smallest absolute Gasteiger partial charge is 0.211 e. The van der Waals surface area contributed by atoms with Gasteiger partial charge in [0.1, 0.15) is 11.6 Å². The van der Waals surface area contributed by atoms with Gasteiger partial charge in [-0.15, -0.1) is 0 Å². The quantitative estimate of drug-likeness (QED) is 0.267. The van der Waals surface area contributed by atoms with Crippen LogP contribution in [0.2, 0.25) is 10.0 Å². The number of aliphatic hydroxyl groups is 1. The van der Waals surface area contributed by atoms with Gasteiger partial charge < -0.3 is 21.1 Å². The maximum Gasteiger partial charge on any atom is 0.211 e. The molecule has 0 unspecified atom stereocenters. The van der Waals surface area contributed by atoms with E-state index in [9.17, 15) is 18.4 Å². The number of hydrogen-bond acceptors (Lipinski definition) is 4. The number of aliphatic hydroxyl groups excluding tert-OH is 1. The zero-order chi connectivity index (χ0) is 30.3. The van der Waals surface area contributed by atoms with Gasteiger partial charge in [-0.05, 0) is 54.5 Å². The van der Waals surface area contributed by atoms with Crippen LogP contribution in [0.5, 0.6) is 0 Å². The molecule has 2 aromatic rings. The normalized spacial score (nSPS) is 18.2.